The first-order chi connectivity index (χ1) is 10.9. The number of fused-ring (bicyclic) bond motifs is 1. The van der Waals surface area contributed by atoms with E-state index in [9.17, 15) is 17.6 Å². The van der Waals surface area contributed by atoms with Gasteiger partial charge in [-0.25, -0.2) is 4.39 Å². The van der Waals surface area contributed by atoms with E-state index in [0.29, 0.717) is 17.8 Å². The van der Waals surface area contributed by atoms with Gasteiger partial charge in [0.15, 0.2) is 0 Å². The summed E-state index contributed by atoms with van der Waals surface area (Å²) in [6.45, 7) is -0.761. The van der Waals surface area contributed by atoms with Crippen molar-refractivity contribution < 1.29 is 17.6 Å². The number of nitrogens with one attached hydrogen (secondary N) is 1. The Bertz CT molecular complexity index is 678. The molecule has 0 fully saturated rings. The van der Waals surface area contributed by atoms with Crippen LogP contribution in [0, 0.1) is 5.82 Å². The van der Waals surface area contributed by atoms with Crippen LogP contribution in [0.5, 0.6) is 0 Å². The molecule has 0 spiro atoms. The highest BCUT2D eigenvalue weighted by molar-refractivity contribution is 5.24. The number of halogens is 4. The lowest BCUT2D eigenvalue weighted by Crippen LogP contribution is -2.25. The molecule has 1 N–H and O–H groups in total. The van der Waals surface area contributed by atoms with Crippen molar-refractivity contribution in [2.75, 3.05) is 0 Å². The summed E-state index contributed by atoms with van der Waals surface area (Å²) in [5.41, 5.74) is 2.03. The van der Waals surface area contributed by atoms with Crippen LogP contribution in [0.1, 0.15) is 35.7 Å². The van der Waals surface area contributed by atoms with Crippen molar-refractivity contribution >= 4 is 0 Å². The third kappa shape index (κ3) is 3.90. The van der Waals surface area contributed by atoms with Crippen LogP contribution < -0.4 is 5.32 Å². The fourth-order valence-electron chi connectivity index (χ4n) is 2.94. The minimum absolute atomic E-state index is 0.146. The fourth-order valence-corrected chi connectivity index (χ4v) is 2.94. The molecule has 0 saturated heterocycles. The molecule has 1 aromatic carbocycles. The number of alkyl halides is 3. The normalized spacial score (nSPS) is 18.0. The molecule has 0 unspecified atom stereocenters. The molecule has 3 rings (SSSR count). The first kappa shape index (κ1) is 16.0. The van der Waals surface area contributed by atoms with Gasteiger partial charge in [-0.2, -0.15) is 18.3 Å². The molecule has 7 heteroatoms. The van der Waals surface area contributed by atoms with E-state index in [1.807, 2.05) is 0 Å². The molecular formula is C16H17F4N3. The maximum Gasteiger partial charge on any atom is 0.408 e. The molecule has 1 aromatic heterocycles. The molecule has 0 amide bonds. The molecule has 3 nitrogen and oxygen atoms in total. The predicted octanol–water partition coefficient (Wildman–Crippen LogP) is 3.75. The second kappa shape index (κ2) is 6.31. The molecule has 1 aliphatic rings. The molecule has 23 heavy (non-hydrogen) atoms. The summed E-state index contributed by atoms with van der Waals surface area (Å²) in [5, 5.41) is 7.31. The summed E-state index contributed by atoms with van der Waals surface area (Å²) in [5.74, 6) is -0.293. The molecule has 1 atom stereocenters. The number of hydrogen-bond acceptors (Lipinski definition) is 2. The van der Waals surface area contributed by atoms with Crippen LogP contribution in [0.15, 0.2) is 30.5 Å². The van der Waals surface area contributed by atoms with Crippen molar-refractivity contribution in [3.05, 3.63) is 53.1 Å². The molecule has 0 radical (unpaired) electrons. The zero-order chi connectivity index (χ0) is 16.4. The van der Waals surface area contributed by atoms with E-state index in [2.05, 4.69) is 10.4 Å². The minimum atomic E-state index is -4.29. The van der Waals surface area contributed by atoms with Crippen molar-refractivity contribution in [2.24, 2.45) is 0 Å². The second-order valence-corrected chi connectivity index (χ2v) is 5.77. The van der Waals surface area contributed by atoms with Gasteiger partial charge < -0.3 is 5.32 Å². The summed E-state index contributed by atoms with van der Waals surface area (Å²) < 4.78 is 52.1. The van der Waals surface area contributed by atoms with E-state index in [4.69, 9.17) is 0 Å². The van der Waals surface area contributed by atoms with E-state index in [1.54, 1.807) is 18.2 Å². The van der Waals surface area contributed by atoms with E-state index in [0.717, 1.165) is 29.5 Å². The number of aryl methyl sites for hydroxylation is 1. The predicted molar refractivity (Wildman–Crippen MR) is 77.2 cm³/mol. The van der Waals surface area contributed by atoms with Gasteiger partial charge in [0.1, 0.15) is 12.4 Å². The molecule has 0 saturated carbocycles. The largest absolute Gasteiger partial charge is 0.408 e. The van der Waals surface area contributed by atoms with Crippen LogP contribution >= 0.6 is 0 Å². The Morgan fingerprint density at radius 1 is 1.26 bits per heavy atom. The first-order valence-electron chi connectivity index (χ1n) is 7.52. The van der Waals surface area contributed by atoms with Crippen molar-refractivity contribution in [1.29, 1.82) is 0 Å². The van der Waals surface area contributed by atoms with Crippen LogP contribution in [0.2, 0.25) is 0 Å². The molecule has 0 bridgehead atoms. The number of rotatable bonds is 4. The number of nitrogens with zero attached hydrogens (tertiary/aromatic N) is 2. The Labute approximate surface area is 131 Å². The quantitative estimate of drug-likeness (QED) is 0.867. The standard InChI is InChI=1S/C16H17F4N3/c17-13-6-2-1-4-11(13)8-21-14-7-3-5-12-9-23(22-15(12)14)10-16(18,19)20/h1-2,4,6,9,14,21H,3,5,7-8,10H2/t14-/m1/s1. The number of hydrogen-bond donors (Lipinski definition) is 1. The zero-order valence-electron chi connectivity index (χ0n) is 12.4. The van der Waals surface area contributed by atoms with Crippen molar-refractivity contribution in [2.45, 2.75) is 44.6 Å². The monoisotopic (exact) mass is 327 g/mol. The highest BCUT2D eigenvalue weighted by Crippen LogP contribution is 2.30. The zero-order valence-corrected chi connectivity index (χ0v) is 12.4. The van der Waals surface area contributed by atoms with E-state index in [1.165, 1.54) is 12.3 Å². The van der Waals surface area contributed by atoms with Gasteiger partial charge in [-0.15, -0.1) is 0 Å². The van der Waals surface area contributed by atoms with Crippen LogP contribution in [-0.4, -0.2) is 16.0 Å². The average Bonchev–Trinajstić information content (AvgIpc) is 2.87. The SMILES string of the molecule is Fc1ccccc1CN[C@@H]1CCCc2cn(CC(F)(F)F)nc21. The molecular weight excluding hydrogens is 310 g/mol. The van der Waals surface area contributed by atoms with Gasteiger partial charge in [0, 0.05) is 18.3 Å². The molecule has 2 aromatic rings. The van der Waals surface area contributed by atoms with Gasteiger partial charge in [-0.05, 0) is 30.9 Å². The van der Waals surface area contributed by atoms with E-state index < -0.39 is 12.7 Å². The first-order valence-corrected chi connectivity index (χ1v) is 7.52. The van der Waals surface area contributed by atoms with Crippen molar-refractivity contribution in [3.8, 4) is 0 Å². The lowest BCUT2D eigenvalue weighted by molar-refractivity contribution is -0.142. The van der Waals surface area contributed by atoms with Gasteiger partial charge in [0.2, 0.25) is 0 Å². The van der Waals surface area contributed by atoms with Gasteiger partial charge in [-0.3, -0.25) is 4.68 Å². The summed E-state index contributed by atoms with van der Waals surface area (Å²) in [4.78, 5) is 0. The second-order valence-electron chi connectivity index (χ2n) is 5.77. The van der Waals surface area contributed by atoms with E-state index >= 15 is 0 Å². The summed E-state index contributed by atoms with van der Waals surface area (Å²) in [7, 11) is 0. The summed E-state index contributed by atoms with van der Waals surface area (Å²) in [6, 6.07) is 6.31. The topological polar surface area (TPSA) is 29.9 Å². The maximum atomic E-state index is 13.6. The van der Waals surface area contributed by atoms with Crippen LogP contribution in [-0.2, 0) is 19.5 Å². The van der Waals surface area contributed by atoms with Crippen molar-refractivity contribution in [3.63, 3.8) is 0 Å². The maximum absolute atomic E-state index is 13.6. The van der Waals surface area contributed by atoms with E-state index in [-0.39, 0.29) is 11.9 Å². The van der Waals surface area contributed by atoms with Gasteiger partial charge in [0.05, 0.1) is 11.7 Å². The average molecular weight is 327 g/mol. The molecule has 124 valence electrons. The Balaban J connectivity index is 1.72. The lowest BCUT2D eigenvalue weighted by Gasteiger charge is -2.22. The smallest absolute Gasteiger partial charge is 0.304 e. The summed E-state index contributed by atoms with van der Waals surface area (Å²) >= 11 is 0. The third-order valence-electron chi connectivity index (χ3n) is 3.98. The molecule has 1 aliphatic carbocycles. The van der Waals surface area contributed by atoms with Gasteiger partial charge in [-0.1, -0.05) is 18.2 Å². The molecule has 1 heterocycles. The Hall–Kier alpha value is -1.89. The van der Waals surface area contributed by atoms with Gasteiger partial charge >= 0.3 is 6.18 Å². The highest BCUT2D eigenvalue weighted by atomic mass is 19.4. The summed E-state index contributed by atoms with van der Waals surface area (Å²) in [6.07, 6.45) is -0.431. The van der Waals surface area contributed by atoms with Gasteiger partial charge in [0.25, 0.3) is 0 Å². The lowest BCUT2D eigenvalue weighted by atomic mass is 9.93. The molecule has 0 aliphatic heterocycles. The van der Waals surface area contributed by atoms with Crippen LogP contribution in [0.3, 0.4) is 0 Å². The minimum Gasteiger partial charge on any atom is -0.304 e. The number of benzene rings is 1. The van der Waals surface area contributed by atoms with Crippen LogP contribution in [0.25, 0.3) is 0 Å². The van der Waals surface area contributed by atoms with Crippen molar-refractivity contribution in [1.82, 2.24) is 15.1 Å². The Morgan fingerprint density at radius 2 is 2.04 bits per heavy atom. The Kier molecular flexibility index (Phi) is 4.39. The van der Waals surface area contributed by atoms with Crippen LogP contribution in [0.4, 0.5) is 17.6 Å². The third-order valence-corrected chi connectivity index (χ3v) is 3.98. The highest BCUT2D eigenvalue weighted by Gasteiger charge is 2.30. The number of aromatic nitrogens is 2. The fraction of sp³-hybridized carbons (Fsp3) is 0.438. The Morgan fingerprint density at radius 3 is 2.78 bits per heavy atom.